The molecule has 1 saturated heterocycles. The van der Waals surface area contributed by atoms with E-state index in [9.17, 15) is 5.11 Å². The fourth-order valence-corrected chi connectivity index (χ4v) is 4.05. The molecule has 0 bridgehead atoms. The van der Waals surface area contributed by atoms with Crippen molar-refractivity contribution in [3.05, 3.63) is 28.8 Å². The third kappa shape index (κ3) is 6.26. The van der Waals surface area contributed by atoms with E-state index >= 15 is 0 Å². The Labute approximate surface area is 185 Å². The number of hydrogen-bond donors (Lipinski definition) is 2. The van der Waals surface area contributed by atoms with E-state index in [0.29, 0.717) is 17.7 Å². The number of piperazine rings is 1. The maximum atomic E-state index is 11.0. The molecule has 1 aromatic carbocycles. The molecule has 0 aliphatic carbocycles. The summed E-state index contributed by atoms with van der Waals surface area (Å²) in [6.07, 6.45) is 1.16. The van der Waals surface area contributed by atoms with Gasteiger partial charge in [0.25, 0.3) is 0 Å². The van der Waals surface area contributed by atoms with Crippen LogP contribution in [0.5, 0.6) is 5.75 Å². The van der Waals surface area contributed by atoms with Crippen molar-refractivity contribution in [2.75, 3.05) is 26.2 Å². The smallest absolute Gasteiger partial charge is 0.123 e. The van der Waals surface area contributed by atoms with Gasteiger partial charge in [-0.2, -0.15) is 0 Å². The van der Waals surface area contributed by atoms with Crippen LogP contribution in [-0.2, 0) is 10.8 Å². The summed E-state index contributed by atoms with van der Waals surface area (Å²) < 4.78 is 0. The third-order valence-electron chi connectivity index (χ3n) is 5.82. The van der Waals surface area contributed by atoms with Crippen LogP contribution in [0.2, 0.25) is 0 Å². The van der Waals surface area contributed by atoms with E-state index in [-0.39, 0.29) is 35.6 Å². The van der Waals surface area contributed by atoms with Gasteiger partial charge in [0.2, 0.25) is 0 Å². The summed E-state index contributed by atoms with van der Waals surface area (Å²) in [6.45, 7) is 22.1. The number of benzene rings is 1. The van der Waals surface area contributed by atoms with Crippen LogP contribution >= 0.6 is 24.8 Å². The van der Waals surface area contributed by atoms with E-state index in [1.807, 2.05) is 0 Å². The Bertz CT molecular complexity index is 579. The molecule has 2 atom stereocenters. The SMILES string of the molecule is CCC(C)[C@@H](c1cc(C(C)(C)C)c(O)c(C(C)(C)C)c1)N1CCNCC1.Cl.Cl. The highest BCUT2D eigenvalue weighted by Crippen LogP contribution is 2.43. The van der Waals surface area contributed by atoms with Crippen molar-refractivity contribution in [2.45, 2.75) is 78.7 Å². The summed E-state index contributed by atoms with van der Waals surface area (Å²) in [7, 11) is 0. The van der Waals surface area contributed by atoms with Crippen LogP contribution in [0.25, 0.3) is 0 Å². The van der Waals surface area contributed by atoms with Crippen LogP contribution < -0.4 is 5.32 Å². The summed E-state index contributed by atoms with van der Waals surface area (Å²) in [5, 5.41) is 14.5. The highest BCUT2D eigenvalue weighted by atomic mass is 35.5. The fourth-order valence-electron chi connectivity index (χ4n) is 4.05. The molecule has 2 N–H and O–H groups in total. The Morgan fingerprint density at radius 2 is 1.39 bits per heavy atom. The number of hydrogen-bond acceptors (Lipinski definition) is 3. The first-order valence-electron chi connectivity index (χ1n) is 10.3. The lowest BCUT2D eigenvalue weighted by Crippen LogP contribution is -2.46. The second-order valence-corrected chi connectivity index (χ2v) is 10.1. The zero-order chi connectivity index (χ0) is 19.7. The summed E-state index contributed by atoms with van der Waals surface area (Å²) in [5.41, 5.74) is 3.35. The molecule has 0 saturated carbocycles. The van der Waals surface area contributed by atoms with E-state index in [1.54, 1.807) is 0 Å². The maximum absolute atomic E-state index is 11.0. The van der Waals surface area contributed by atoms with Gasteiger partial charge in [0, 0.05) is 32.2 Å². The predicted octanol–water partition coefficient (Wildman–Crippen LogP) is 5.82. The Morgan fingerprint density at radius 3 is 1.75 bits per heavy atom. The number of nitrogens with one attached hydrogen (secondary N) is 1. The van der Waals surface area contributed by atoms with Crippen molar-refractivity contribution >= 4 is 24.8 Å². The second-order valence-electron chi connectivity index (χ2n) is 10.1. The molecule has 0 aromatic heterocycles. The van der Waals surface area contributed by atoms with Gasteiger partial charge in [0.1, 0.15) is 5.75 Å². The van der Waals surface area contributed by atoms with Gasteiger partial charge in [-0.05, 0) is 45.6 Å². The molecule has 1 aliphatic rings. The minimum absolute atomic E-state index is 0. The molecular formula is C23H42Cl2N2O. The van der Waals surface area contributed by atoms with Gasteiger partial charge in [0.15, 0.2) is 0 Å². The average Bonchev–Trinajstić information content (AvgIpc) is 2.55. The van der Waals surface area contributed by atoms with Crippen LogP contribution in [0.1, 0.15) is 84.5 Å². The van der Waals surface area contributed by atoms with Gasteiger partial charge in [-0.1, -0.05) is 61.8 Å². The summed E-state index contributed by atoms with van der Waals surface area (Å²) in [4.78, 5) is 2.63. The van der Waals surface area contributed by atoms with Gasteiger partial charge in [-0.3, -0.25) is 4.90 Å². The van der Waals surface area contributed by atoms with E-state index in [2.05, 4.69) is 77.7 Å². The molecular weight excluding hydrogens is 391 g/mol. The zero-order valence-electron chi connectivity index (χ0n) is 19.1. The maximum Gasteiger partial charge on any atom is 0.123 e. The minimum Gasteiger partial charge on any atom is -0.507 e. The number of rotatable bonds is 4. The Balaban J connectivity index is 0.00000364. The van der Waals surface area contributed by atoms with Crippen molar-refractivity contribution in [1.29, 1.82) is 0 Å². The lowest BCUT2D eigenvalue weighted by Gasteiger charge is -2.40. The van der Waals surface area contributed by atoms with Crippen LogP contribution in [0.3, 0.4) is 0 Å². The third-order valence-corrected chi connectivity index (χ3v) is 5.82. The Hall–Kier alpha value is -0.480. The van der Waals surface area contributed by atoms with Gasteiger partial charge in [-0.25, -0.2) is 0 Å². The normalized spacial score (nSPS) is 18.0. The van der Waals surface area contributed by atoms with E-state index in [1.165, 1.54) is 5.56 Å². The molecule has 28 heavy (non-hydrogen) atoms. The predicted molar refractivity (Wildman–Crippen MR) is 127 cm³/mol. The lowest BCUT2D eigenvalue weighted by atomic mass is 9.76. The summed E-state index contributed by atoms with van der Waals surface area (Å²) in [6, 6.07) is 4.97. The molecule has 1 unspecified atom stereocenters. The van der Waals surface area contributed by atoms with Gasteiger partial charge >= 0.3 is 0 Å². The van der Waals surface area contributed by atoms with E-state index in [0.717, 1.165) is 43.7 Å². The molecule has 1 heterocycles. The number of phenolic OH excluding ortho intramolecular Hbond substituents is 1. The van der Waals surface area contributed by atoms with Crippen LogP contribution in [0, 0.1) is 5.92 Å². The van der Waals surface area contributed by atoms with Crippen LogP contribution in [-0.4, -0.2) is 36.2 Å². The first kappa shape index (κ1) is 27.5. The van der Waals surface area contributed by atoms with Gasteiger partial charge in [0.05, 0.1) is 0 Å². The quantitative estimate of drug-likeness (QED) is 0.628. The largest absolute Gasteiger partial charge is 0.507 e. The number of nitrogens with zero attached hydrogens (tertiary/aromatic N) is 1. The standard InChI is InChI=1S/C23H40N2O.2ClH/c1-9-16(2)20(25-12-10-24-11-13-25)17-14-18(22(3,4)5)21(26)19(15-17)23(6,7)8;;/h14-16,20,24,26H,9-13H2,1-8H3;2*1H/t16?,20-;;/m0../s1. The summed E-state index contributed by atoms with van der Waals surface area (Å²) >= 11 is 0. The highest BCUT2D eigenvalue weighted by Gasteiger charge is 2.32. The molecule has 1 aromatic rings. The highest BCUT2D eigenvalue weighted by molar-refractivity contribution is 5.85. The molecule has 0 amide bonds. The van der Waals surface area contributed by atoms with Crippen molar-refractivity contribution < 1.29 is 5.11 Å². The van der Waals surface area contributed by atoms with Crippen LogP contribution in [0.4, 0.5) is 0 Å². The first-order chi connectivity index (χ1) is 12.0. The number of phenols is 1. The topological polar surface area (TPSA) is 35.5 Å². The molecule has 3 nitrogen and oxygen atoms in total. The van der Waals surface area contributed by atoms with Crippen molar-refractivity contribution in [2.24, 2.45) is 5.92 Å². The number of aromatic hydroxyl groups is 1. The number of halogens is 2. The molecule has 1 aliphatic heterocycles. The monoisotopic (exact) mass is 432 g/mol. The fraction of sp³-hybridized carbons (Fsp3) is 0.739. The molecule has 0 spiro atoms. The van der Waals surface area contributed by atoms with Crippen molar-refractivity contribution in [1.82, 2.24) is 10.2 Å². The Morgan fingerprint density at radius 1 is 0.964 bits per heavy atom. The van der Waals surface area contributed by atoms with Gasteiger partial charge in [-0.15, -0.1) is 24.8 Å². The van der Waals surface area contributed by atoms with Crippen molar-refractivity contribution in [3.63, 3.8) is 0 Å². The van der Waals surface area contributed by atoms with Crippen LogP contribution in [0.15, 0.2) is 12.1 Å². The molecule has 1 fully saturated rings. The van der Waals surface area contributed by atoms with E-state index < -0.39 is 0 Å². The van der Waals surface area contributed by atoms with Crippen molar-refractivity contribution in [3.8, 4) is 5.75 Å². The first-order valence-corrected chi connectivity index (χ1v) is 10.3. The minimum atomic E-state index is -0.0798. The molecule has 0 radical (unpaired) electrons. The molecule has 5 heteroatoms. The molecule has 2 rings (SSSR count). The molecule has 164 valence electrons. The summed E-state index contributed by atoms with van der Waals surface area (Å²) in [5.74, 6) is 1.07. The average molecular weight is 434 g/mol. The van der Waals surface area contributed by atoms with E-state index in [4.69, 9.17) is 0 Å². The lowest BCUT2D eigenvalue weighted by molar-refractivity contribution is 0.128. The van der Waals surface area contributed by atoms with Gasteiger partial charge < -0.3 is 10.4 Å². The Kier molecular flexibility index (Phi) is 10.3. The zero-order valence-corrected chi connectivity index (χ0v) is 20.7. The second kappa shape index (κ2) is 10.5.